The SMILES string of the molecule is CN(C)c1ccn(C2OC(CO)C(O)C2SC(C)(C)C)c(=O)n1. The second-order valence-corrected chi connectivity index (χ2v) is 8.81. The number of anilines is 1. The Bertz CT molecular complexity index is 599. The van der Waals surface area contributed by atoms with E-state index in [2.05, 4.69) is 4.98 Å². The number of nitrogens with zero attached hydrogens (tertiary/aromatic N) is 3. The summed E-state index contributed by atoms with van der Waals surface area (Å²) in [6, 6.07) is 1.72. The molecule has 0 aromatic carbocycles. The molecule has 4 unspecified atom stereocenters. The zero-order valence-electron chi connectivity index (χ0n) is 14.1. The van der Waals surface area contributed by atoms with Gasteiger partial charge in [0.2, 0.25) is 0 Å². The van der Waals surface area contributed by atoms with Crippen LogP contribution in [0.25, 0.3) is 0 Å². The number of aliphatic hydroxyl groups excluding tert-OH is 2. The summed E-state index contributed by atoms with van der Waals surface area (Å²) in [5.41, 5.74) is -0.438. The molecule has 1 aromatic rings. The zero-order chi connectivity index (χ0) is 17.4. The lowest BCUT2D eigenvalue weighted by Crippen LogP contribution is -2.36. The van der Waals surface area contributed by atoms with Crippen LogP contribution in [0.1, 0.15) is 27.0 Å². The highest BCUT2D eigenvalue weighted by molar-refractivity contribution is 8.01. The summed E-state index contributed by atoms with van der Waals surface area (Å²) in [7, 11) is 3.62. The number of thioether (sulfide) groups is 1. The van der Waals surface area contributed by atoms with Crippen LogP contribution < -0.4 is 10.6 Å². The van der Waals surface area contributed by atoms with E-state index in [4.69, 9.17) is 4.74 Å². The van der Waals surface area contributed by atoms with Crippen LogP contribution >= 0.6 is 11.8 Å². The first kappa shape index (κ1) is 18.3. The van der Waals surface area contributed by atoms with Crippen molar-refractivity contribution in [1.29, 1.82) is 0 Å². The van der Waals surface area contributed by atoms with Gasteiger partial charge in [-0.3, -0.25) is 4.57 Å². The molecule has 4 atom stereocenters. The third-order valence-electron chi connectivity index (χ3n) is 3.53. The van der Waals surface area contributed by atoms with Gasteiger partial charge in [-0.05, 0) is 6.07 Å². The van der Waals surface area contributed by atoms with Crippen molar-refractivity contribution in [3.63, 3.8) is 0 Å². The molecule has 2 heterocycles. The molecule has 1 aliphatic rings. The van der Waals surface area contributed by atoms with E-state index in [0.717, 1.165) is 0 Å². The molecule has 130 valence electrons. The van der Waals surface area contributed by atoms with Gasteiger partial charge in [0.1, 0.15) is 11.9 Å². The Hall–Kier alpha value is -1.09. The van der Waals surface area contributed by atoms with Crippen molar-refractivity contribution in [2.24, 2.45) is 0 Å². The van der Waals surface area contributed by atoms with Gasteiger partial charge in [0.15, 0.2) is 6.23 Å². The quantitative estimate of drug-likeness (QED) is 0.821. The van der Waals surface area contributed by atoms with Gasteiger partial charge in [-0.25, -0.2) is 4.79 Å². The van der Waals surface area contributed by atoms with Crippen molar-refractivity contribution >= 4 is 17.6 Å². The van der Waals surface area contributed by atoms with Crippen LogP contribution in [0.15, 0.2) is 17.1 Å². The van der Waals surface area contributed by atoms with Gasteiger partial charge < -0.3 is 19.8 Å². The molecule has 1 aromatic heterocycles. The van der Waals surface area contributed by atoms with Gasteiger partial charge in [-0.2, -0.15) is 4.98 Å². The Morgan fingerprint density at radius 1 is 1.43 bits per heavy atom. The predicted octanol–water partition coefficient (Wildman–Crippen LogP) is 0.460. The minimum atomic E-state index is -0.852. The molecular weight excluding hydrogens is 318 g/mol. The van der Waals surface area contributed by atoms with E-state index in [0.29, 0.717) is 5.82 Å². The van der Waals surface area contributed by atoms with Gasteiger partial charge in [-0.15, -0.1) is 11.8 Å². The van der Waals surface area contributed by atoms with Crippen molar-refractivity contribution in [1.82, 2.24) is 9.55 Å². The van der Waals surface area contributed by atoms with Crippen molar-refractivity contribution in [2.45, 2.75) is 49.2 Å². The monoisotopic (exact) mass is 343 g/mol. The second-order valence-electron chi connectivity index (χ2n) is 6.80. The summed E-state index contributed by atoms with van der Waals surface area (Å²) in [5, 5.41) is 19.5. The van der Waals surface area contributed by atoms with Gasteiger partial charge in [0.25, 0.3) is 0 Å². The molecule has 1 fully saturated rings. The highest BCUT2D eigenvalue weighted by Crippen LogP contribution is 2.42. The lowest BCUT2D eigenvalue weighted by atomic mass is 10.2. The summed E-state index contributed by atoms with van der Waals surface area (Å²) < 4.78 is 6.99. The van der Waals surface area contributed by atoms with Gasteiger partial charge in [0.05, 0.1) is 18.0 Å². The molecule has 1 aliphatic heterocycles. The minimum Gasteiger partial charge on any atom is -0.394 e. The standard InChI is InChI=1S/C15H25N3O4S/c1-15(2,3)23-12-11(20)9(8-19)22-13(12)18-7-6-10(17(4)5)16-14(18)21/h6-7,9,11-13,19-20H,8H2,1-5H3. The van der Waals surface area contributed by atoms with Crippen LogP contribution in [0.2, 0.25) is 0 Å². The van der Waals surface area contributed by atoms with Gasteiger partial charge >= 0.3 is 5.69 Å². The fourth-order valence-electron chi connectivity index (χ4n) is 2.47. The summed E-state index contributed by atoms with van der Waals surface area (Å²) in [6.07, 6.45) is -0.601. The van der Waals surface area contributed by atoms with E-state index >= 15 is 0 Å². The number of ether oxygens (including phenoxy) is 1. The smallest absolute Gasteiger partial charge is 0.351 e. The van der Waals surface area contributed by atoms with E-state index < -0.39 is 24.1 Å². The van der Waals surface area contributed by atoms with Crippen LogP contribution in [0.3, 0.4) is 0 Å². The molecular formula is C15H25N3O4S. The van der Waals surface area contributed by atoms with Crippen LogP contribution in [0.5, 0.6) is 0 Å². The molecule has 2 N–H and O–H groups in total. The number of hydrogen-bond donors (Lipinski definition) is 2. The van der Waals surface area contributed by atoms with Crippen molar-refractivity contribution < 1.29 is 14.9 Å². The molecule has 0 aliphatic carbocycles. The fraction of sp³-hybridized carbons (Fsp3) is 0.733. The molecule has 7 nitrogen and oxygen atoms in total. The molecule has 0 amide bonds. The summed E-state index contributed by atoms with van der Waals surface area (Å²) in [6.45, 7) is 5.80. The van der Waals surface area contributed by atoms with Crippen LogP contribution in [-0.2, 0) is 4.74 Å². The van der Waals surface area contributed by atoms with E-state index in [9.17, 15) is 15.0 Å². The Labute approximate surface area is 140 Å². The Morgan fingerprint density at radius 2 is 2.09 bits per heavy atom. The van der Waals surface area contributed by atoms with Crippen LogP contribution in [0.4, 0.5) is 5.82 Å². The molecule has 0 bridgehead atoms. The van der Waals surface area contributed by atoms with Gasteiger partial charge in [-0.1, -0.05) is 20.8 Å². The Morgan fingerprint density at radius 3 is 2.57 bits per heavy atom. The molecule has 0 saturated carbocycles. The lowest BCUT2D eigenvalue weighted by molar-refractivity contribution is -0.0456. The summed E-state index contributed by atoms with van der Waals surface area (Å²) >= 11 is 1.53. The average Bonchev–Trinajstić information content (AvgIpc) is 2.74. The first-order chi connectivity index (χ1) is 10.6. The molecule has 1 saturated heterocycles. The normalized spacial score (nSPS) is 28.1. The Kier molecular flexibility index (Phi) is 5.40. The highest BCUT2D eigenvalue weighted by Gasteiger charge is 2.46. The molecule has 23 heavy (non-hydrogen) atoms. The maximum absolute atomic E-state index is 12.3. The Balaban J connectivity index is 2.37. The predicted molar refractivity (Wildman–Crippen MR) is 91.0 cm³/mol. The summed E-state index contributed by atoms with van der Waals surface area (Å²) in [5.74, 6) is 0.559. The first-order valence-electron chi connectivity index (χ1n) is 7.53. The minimum absolute atomic E-state index is 0.127. The maximum atomic E-state index is 12.3. The average molecular weight is 343 g/mol. The third kappa shape index (κ3) is 4.06. The maximum Gasteiger partial charge on any atom is 0.351 e. The van der Waals surface area contributed by atoms with E-state index in [1.807, 2.05) is 34.9 Å². The molecule has 0 radical (unpaired) electrons. The number of aliphatic hydroxyl groups is 2. The number of rotatable bonds is 4. The molecule has 2 rings (SSSR count). The zero-order valence-corrected chi connectivity index (χ0v) is 14.9. The van der Waals surface area contributed by atoms with Crippen molar-refractivity contribution in [3.8, 4) is 0 Å². The van der Waals surface area contributed by atoms with E-state index in [-0.39, 0.29) is 16.6 Å². The van der Waals surface area contributed by atoms with Crippen molar-refractivity contribution in [2.75, 3.05) is 25.6 Å². The van der Waals surface area contributed by atoms with E-state index in [1.165, 1.54) is 16.3 Å². The summed E-state index contributed by atoms with van der Waals surface area (Å²) in [4.78, 5) is 18.1. The lowest BCUT2D eigenvalue weighted by Gasteiger charge is -2.28. The van der Waals surface area contributed by atoms with Crippen LogP contribution in [0, 0.1) is 0 Å². The van der Waals surface area contributed by atoms with Crippen LogP contribution in [-0.4, -0.2) is 62.7 Å². The first-order valence-corrected chi connectivity index (χ1v) is 8.40. The second kappa shape index (κ2) is 6.80. The largest absolute Gasteiger partial charge is 0.394 e. The van der Waals surface area contributed by atoms with Gasteiger partial charge in [0, 0.05) is 25.0 Å². The highest BCUT2D eigenvalue weighted by atomic mass is 32.2. The fourth-order valence-corrected chi connectivity index (χ4v) is 3.92. The number of aromatic nitrogens is 2. The topological polar surface area (TPSA) is 87.8 Å². The van der Waals surface area contributed by atoms with E-state index in [1.54, 1.807) is 17.2 Å². The number of hydrogen-bond acceptors (Lipinski definition) is 7. The van der Waals surface area contributed by atoms with Crippen molar-refractivity contribution in [3.05, 3.63) is 22.7 Å². The molecule has 8 heteroatoms. The third-order valence-corrected chi connectivity index (χ3v) is 5.02. The molecule has 0 spiro atoms.